The van der Waals surface area contributed by atoms with Crippen LogP contribution in [0.3, 0.4) is 0 Å². The molecule has 2 heterocycles. The van der Waals surface area contributed by atoms with Gasteiger partial charge < -0.3 is 15.0 Å². The number of ether oxygens (including phenoxy) is 1. The van der Waals surface area contributed by atoms with Crippen molar-refractivity contribution in [1.82, 2.24) is 14.9 Å². The lowest BCUT2D eigenvalue weighted by Gasteiger charge is -2.07. The van der Waals surface area contributed by atoms with Crippen molar-refractivity contribution >= 4 is 17.7 Å². The molecule has 0 saturated heterocycles. The van der Waals surface area contributed by atoms with Crippen LogP contribution in [-0.4, -0.2) is 32.7 Å². The third-order valence-electron chi connectivity index (χ3n) is 2.45. The summed E-state index contributed by atoms with van der Waals surface area (Å²) < 4.78 is 11.6. The van der Waals surface area contributed by atoms with Crippen molar-refractivity contribution in [3.05, 3.63) is 18.1 Å². The molecule has 0 amide bonds. The van der Waals surface area contributed by atoms with Crippen molar-refractivity contribution in [2.75, 3.05) is 11.6 Å². The molecule has 0 bridgehead atoms. The van der Waals surface area contributed by atoms with Gasteiger partial charge in [-0.1, -0.05) is 11.8 Å². The van der Waals surface area contributed by atoms with Crippen LogP contribution in [0.4, 0.5) is 0 Å². The number of thioether (sulfide) groups is 1. The number of nitrogens with zero attached hydrogens (tertiary/aromatic N) is 3. The Morgan fingerprint density at radius 2 is 2.30 bits per heavy atom. The van der Waals surface area contributed by atoms with Crippen LogP contribution in [0.1, 0.15) is 19.6 Å². The van der Waals surface area contributed by atoms with Gasteiger partial charge in [0, 0.05) is 0 Å². The van der Waals surface area contributed by atoms with Crippen LogP contribution in [0.2, 0.25) is 0 Å². The number of aryl methyl sites for hydroxylation is 1. The van der Waals surface area contributed by atoms with Crippen molar-refractivity contribution in [2.45, 2.75) is 32.0 Å². The Labute approximate surface area is 120 Å². The molecule has 2 N–H and O–H groups in total. The lowest BCUT2D eigenvalue weighted by molar-refractivity contribution is -0.144. The van der Waals surface area contributed by atoms with E-state index in [4.69, 9.17) is 15.0 Å². The summed E-state index contributed by atoms with van der Waals surface area (Å²) in [5.41, 5.74) is 0.775. The van der Waals surface area contributed by atoms with E-state index >= 15 is 0 Å². The van der Waals surface area contributed by atoms with E-state index in [1.807, 2.05) is 6.92 Å². The predicted octanol–water partition coefficient (Wildman–Crippen LogP) is 1.60. The quantitative estimate of drug-likeness (QED) is 0.508. The molecule has 0 atom stereocenters. The normalized spacial score (nSPS) is 11.0. The van der Waals surface area contributed by atoms with E-state index in [0.29, 0.717) is 16.7 Å². The molecule has 0 spiro atoms. The second-order valence-electron chi connectivity index (χ2n) is 4.39. The summed E-state index contributed by atoms with van der Waals surface area (Å²) in [5, 5.41) is 8.42. The molecule has 0 aliphatic heterocycles. The topological polar surface area (TPSA) is 96.2 Å². The zero-order valence-corrected chi connectivity index (χ0v) is 12.3. The number of carbonyl (C=O) groups excluding carboxylic acids is 1. The van der Waals surface area contributed by atoms with Gasteiger partial charge in [0.15, 0.2) is 5.82 Å². The lowest BCUT2D eigenvalue weighted by Crippen LogP contribution is -2.15. The Balaban J connectivity index is 2.06. The molecule has 2 aromatic heterocycles. The van der Waals surface area contributed by atoms with E-state index in [2.05, 4.69) is 10.2 Å². The number of nitrogens with two attached hydrogens (primary N) is 1. The molecule has 20 heavy (non-hydrogen) atoms. The number of hydrogen-bond acceptors (Lipinski definition) is 7. The molecule has 0 unspecified atom stereocenters. The van der Waals surface area contributed by atoms with Gasteiger partial charge in [-0.15, -0.1) is 10.2 Å². The number of rotatable bonds is 5. The fourth-order valence-corrected chi connectivity index (χ4v) is 2.24. The first-order valence-corrected chi connectivity index (χ1v) is 7.05. The van der Waals surface area contributed by atoms with Crippen LogP contribution in [-0.2, 0) is 9.53 Å². The highest BCUT2D eigenvalue weighted by Crippen LogP contribution is 2.24. The molecule has 108 valence electrons. The first kappa shape index (κ1) is 14.4. The fraction of sp³-hybridized carbons (Fsp3) is 0.417. The van der Waals surface area contributed by atoms with Crippen LogP contribution in [0.25, 0.3) is 11.4 Å². The number of furan rings is 1. The molecule has 0 aliphatic rings. The summed E-state index contributed by atoms with van der Waals surface area (Å²) in [6.45, 7) is 5.42. The van der Waals surface area contributed by atoms with Gasteiger partial charge in [-0.3, -0.25) is 4.79 Å². The number of aromatic nitrogens is 3. The van der Waals surface area contributed by atoms with Crippen LogP contribution in [0, 0.1) is 6.92 Å². The molecule has 0 saturated carbocycles. The van der Waals surface area contributed by atoms with E-state index in [1.165, 1.54) is 16.4 Å². The molecule has 7 nitrogen and oxygen atoms in total. The van der Waals surface area contributed by atoms with Crippen molar-refractivity contribution in [1.29, 1.82) is 0 Å². The molecule has 0 fully saturated rings. The first-order valence-electron chi connectivity index (χ1n) is 6.06. The molecule has 0 aromatic carbocycles. The van der Waals surface area contributed by atoms with Gasteiger partial charge in [-0.25, -0.2) is 4.68 Å². The lowest BCUT2D eigenvalue weighted by atomic mass is 10.2. The minimum Gasteiger partial charge on any atom is -0.469 e. The zero-order chi connectivity index (χ0) is 14.7. The van der Waals surface area contributed by atoms with Crippen LogP contribution >= 0.6 is 11.8 Å². The average molecular weight is 296 g/mol. The predicted molar refractivity (Wildman–Crippen MR) is 74.6 cm³/mol. The largest absolute Gasteiger partial charge is 0.469 e. The fourth-order valence-electron chi connectivity index (χ4n) is 1.60. The van der Waals surface area contributed by atoms with Gasteiger partial charge >= 0.3 is 5.97 Å². The summed E-state index contributed by atoms with van der Waals surface area (Å²) in [4.78, 5) is 11.5. The summed E-state index contributed by atoms with van der Waals surface area (Å²) in [7, 11) is 0. The van der Waals surface area contributed by atoms with Gasteiger partial charge in [0.1, 0.15) is 5.76 Å². The highest BCUT2D eigenvalue weighted by Gasteiger charge is 2.17. The van der Waals surface area contributed by atoms with Gasteiger partial charge in [0.05, 0.1) is 23.7 Å². The van der Waals surface area contributed by atoms with Crippen molar-refractivity contribution in [2.24, 2.45) is 0 Å². The molecule has 2 rings (SSSR count). The molecule has 8 heteroatoms. The molecule has 2 aromatic rings. The molecule has 0 radical (unpaired) electrons. The Kier molecular flexibility index (Phi) is 4.33. The Morgan fingerprint density at radius 1 is 1.55 bits per heavy atom. The summed E-state index contributed by atoms with van der Waals surface area (Å²) in [5.74, 6) is 6.96. The highest BCUT2D eigenvalue weighted by molar-refractivity contribution is 7.99. The van der Waals surface area contributed by atoms with Gasteiger partial charge in [0.2, 0.25) is 5.16 Å². The number of hydrogen-bond donors (Lipinski definition) is 1. The molecular weight excluding hydrogens is 280 g/mol. The monoisotopic (exact) mass is 296 g/mol. The number of carbonyl (C=O) groups is 1. The van der Waals surface area contributed by atoms with E-state index < -0.39 is 0 Å². The first-order chi connectivity index (χ1) is 9.49. The van der Waals surface area contributed by atoms with Crippen molar-refractivity contribution < 1.29 is 13.9 Å². The summed E-state index contributed by atoms with van der Waals surface area (Å²) in [6.07, 6.45) is 1.43. The standard InChI is InChI=1S/C12H16N4O3S/c1-7(2)19-10(17)6-20-12-15-14-11(16(12)13)9-4-5-18-8(9)3/h4-5,7H,6,13H2,1-3H3. The van der Waals surface area contributed by atoms with E-state index in [1.54, 1.807) is 26.2 Å². The second-order valence-corrected chi connectivity index (χ2v) is 5.34. The van der Waals surface area contributed by atoms with E-state index in [-0.39, 0.29) is 17.8 Å². The zero-order valence-electron chi connectivity index (χ0n) is 11.5. The Hall–Kier alpha value is -1.96. The van der Waals surface area contributed by atoms with Crippen molar-refractivity contribution in [3.8, 4) is 11.4 Å². The third kappa shape index (κ3) is 3.13. The minimum absolute atomic E-state index is 0.136. The number of esters is 1. The van der Waals surface area contributed by atoms with E-state index in [0.717, 1.165) is 5.56 Å². The minimum atomic E-state index is -0.311. The smallest absolute Gasteiger partial charge is 0.316 e. The van der Waals surface area contributed by atoms with Crippen LogP contribution in [0.5, 0.6) is 0 Å². The number of nitrogen functional groups attached to an aromatic ring is 1. The molecule has 0 aliphatic carbocycles. The van der Waals surface area contributed by atoms with Crippen molar-refractivity contribution in [3.63, 3.8) is 0 Å². The second kappa shape index (κ2) is 6.00. The van der Waals surface area contributed by atoms with Gasteiger partial charge in [0.25, 0.3) is 0 Å². The maximum absolute atomic E-state index is 11.5. The molecular formula is C12H16N4O3S. The average Bonchev–Trinajstić information content (AvgIpc) is 2.92. The van der Waals surface area contributed by atoms with E-state index in [9.17, 15) is 4.79 Å². The SMILES string of the molecule is Cc1occc1-c1nnc(SCC(=O)OC(C)C)n1N. The maximum Gasteiger partial charge on any atom is 0.316 e. The maximum atomic E-state index is 11.5. The highest BCUT2D eigenvalue weighted by atomic mass is 32.2. The van der Waals surface area contributed by atoms with Crippen LogP contribution < -0.4 is 5.84 Å². The Morgan fingerprint density at radius 3 is 2.90 bits per heavy atom. The van der Waals surface area contributed by atoms with Crippen LogP contribution in [0.15, 0.2) is 21.9 Å². The summed E-state index contributed by atoms with van der Waals surface area (Å²) in [6, 6.07) is 1.77. The van der Waals surface area contributed by atoms with Gasteiger partial charge in [-0.05, 0) is 26.8 Å². The third-order valence-corrected chi connectivity index (χ3v) is 3.37. The Bertz CT molecular complexity index is 606. The van der Waals surface area contributed by atoms with Gasteiger partial charge in [-0.2, -0.15) is 0 Å². The summed E-state index contributed by atoms with van der Waals surface area (Å²) >= 11 is 1.18.